The summed E-state index contributed by atoms with van der Waals surface area (Å²) < 4.78 is 29.4. The molecule has 2 heterocycles. The highest BCUT2D eigenvalue weighted by Gasteiger charge is 2.28. The molecule has 1 aliphatic rings. The van der Waals surface area contributed by atoms with Gasteiger partial charge in [-0.1, -0.05) is 43.2 Å². The fourth-order valence-electron chi connectivity index (χ4n) is 3.78. The summed E-state index contributed by atoms with van der Waals surface area (Å²) in [4.78, 5) is 11.5. The zero-order valence-electron chi connectivity index (χ0n) is 18.3. The van der Waals surface area contributed by atoms with E-state index in [0.29, 0.717) is 29.6 Å². The van der Waals surface area contributed by atoms with E-state index >= 15 is 0 Å². The van der Waals surface area contributed by atoms with E-state index in [1.807, 2.05) is 37.4 Å². The third-order valence-electron chi connectivity index (χ3n) is 5.66. The molecule has 174 valence electrons. The van der Waals surface area contributed by atoms with Crippen LogP contribution < -0.4 is 0 Å². The van der Waals surface area contributed by atoms with Gasteiger partial charge in [0, 0.05) is 32.6 Å². The van der Waals surface area contributed by atoms with Crippen molar-refractivity contribution < 1.29 is 13.3 Å². The van der Waals surface area contributed by atoms with Crippen LogP contribution in [0.15, 0.2) is 63.5 Å². The standard InChI is InChI=1S/C22H25N5O4S2/c1-25-21(15-17-9-5-4-6-10-17)23-24-22(25)32-20-12-11-18(16-19(20)27(28)29)33(30,31)26-13-7-2-3-8-14-26/h4-6,9-12,16H,2-3,7-8,13-15H2,1H3. The molecule has 1 aliphatic heterocycles. The Bertz CT molecular complexity index is 1240. The summed E-state index contributed by atoms with van der Waals surface area (Å²) in [6, 6.07) is 13.9. The second kappa shape index (κ2) is 10.0. The van der Waals surface area contributed by atoms with Gasteiger partial charge in [0.2, 0.25) is 10.0 Å². The van der Waals surface area contributed by atoms with Gasteiger partial charge in [0.15, 0.2) is 5.16 Å². The second-order valence-corrected chi connectivity index (χ2v) is 10.9. The van der Waals surface area contributed by atoms with E-state index in [2.05, 4.69) is 10.2 Å². The first-order chi connectivity index (χ1) is 15.9. The largest absolute Gasteiger partial charge is 0.309 e. The first-order valence-electron chi connectivity index (χ1n) is 10.7. The van der Waals surface area contributed by atoms with Crippen LogP contribution in [0.3, 0.4) is 0 Å². The van der Waals surface area contributed by atoms with E-state index in [9.17, 15) is 18.5 Å². The van der Waals surface area contributed by atoms with Gasteiger partial charge < -0.3 is 4.57 Å². The molecular weight excluding hydrogens is 462 g/mol. The van der Waals surface area contributed by atoms with E-state index in [1.165, 1.54) is 16.4 Å². The molecule has 1 fully saturated rings. The fraction of sp³-hybridized carbons (Fsp3) is 0.364. The Morgan fingerprint density at radius 1 is 1.03 bits per heavy atom. The molecule has 0 N–H and O–H groups in total. The van der Waals surface area contributed by atoms with Crippen LogP contribution in [0, 0.1) is 10.1 Å². The van der Waals surface area contributed by atoms with Gasteiger partial charge in [-0.15, -0.1) is 10.2 Å². The molecule has 0 amide bonds. The Morgan fingerprint density at radius 3 is 2.39 bits per heavy atom. The molecule has 0 unspecified atom stereocenters. The van der Waals surface area contributed by atoms with Crippen molar-refractivity contribution >= 4 is 27.5 Å². The van der Waals surface area contributed by atoms with E-state index in [1.54, 1.807) is 4.57 Å². The van der Waals surface area contributed by atoms with Crippen LogP contribution in [-0.2, 0) is 23.5 Å². The van der Waals surface area contributed by atoms with Crippen LogP contribution in [-0.4, -0.2) is 45.5 Å². The summed E-state index contributed by atoms with van der Waals surface area (Å²) in [7, 11) is -1.97. The number of aromatic nitrogens is 3. The lowest BCUT2D eigenvalue weighted by molar-refractivity contribution is -0.388. The molecule has 0 atom stereocenters. The maximum Gasteiger partial charge on any atom is 0.284 e. The van der Waals surface area contributed by atoms with Gasteiger partial charge in [-0.25, -0.2) is 8.42 Å². The van der Waals surface area contributed by atoms with Crippen molar-refractivity contribution in [2.45, 2.75) is 47.1 Å². The summed E-state index contributed by atoms with van der Waals surface area (Å²) >= 11 is 1.10. The molecule has 0 aliphatic carbocycles. The molecule has 0 bridgehead atoms. The number of hydrogen-bond acceptors (Lipinski definition) is 7. The predicted octanol–water partition coefficient (Wildman–Crippen LogP) is 4.03. The zero-order chi connectivity index (χ0) is 23.4. The lowest BCUT2D eigenvalue weighted by Gasteiger charge is -2.20. The van der Waals surface area contributed by atoms with Crippen LogP contribution in [0.1, 0.15) is 37.1 Å². The molecule has 11 heteroatoms. The van der Waals surface area contributed by atoms with Gasteiger partial charge in [0.1, 0.15) is 5.82 Å². The first-order valence-corrected chi connectivity index (χ1v) is 13.0. The lowest BCUT2D eigenvalue weighted by Crippen LogP contribution is -2.31. The van der Waals surface area contributed by atoms with Gasteiger partial charge in [0.25, 0.3) is 5.69 Å². The van der Waals surface area contributed by atoms with Gasteiger partial charge in [-0.2, -0.15) is 4.31 Å². The monoisotopic (exact) mass is 487 g/mol. The smallest absolute Gasteiger partial charge is 0.284 e. The maximum absolute atomic E-state index is 13.1. The van der Waals surface area contributed by atoms with E-state index < -0.39 is 14.9 Å². The Hall–Kier alpha value is -2.76. The Balaban J connectivity index is 1.60. The third-order valence-corrected chi connectivity index (χ3v) is 8.66. The highest BCUT2D eigenvalue weighted by molar-refractivity contribution is 7.99. The normalized spacial score (nSPS) is 15.3. The van der Waals surface area contributed by atoms with Crippen molar-refractivity contribution in [3.63, 3.8) is 0 Å². The molecule has 0 radical (unpaired) electrons. The quantitative estimate of drug-likeness (QED) is 0.365. The fourth-order valence-corrected chi connectivity index (χ4v) is 6.21. The van der Waals surface area contributed by atoms with Gasteiger partial charge >= 0.3 is 0 Å². The number of nitro groups is 1. The van der Waals surface area contributed by atoms with Crippen LogP contribution >= 0.6 is 11.8 Å². The Morgan fingerprint density at radius 2 is 1.73 bits per heavy atom. The summed E-state index contributed by atoms with van der Waals surface area (Å²) in [5, 5.41) is 20.7. The molecular formula is C22H25N5O4S2. The van der Waals surface area contributed by atoms with E-state index in [4.69, 9.17) is 0 Å². The highest BCUT2D eigenvalue weighted by Crippen LogP contribution is 2.36. The van der Waals surface area contributed by atoms with E-state index in [-0.39, 0.29) is 10.6 Å². The van der Waals surface area contributed by atoms with Gasteiger partial charge in [-0.05, 0) is 42.3 Å². The van der Waals surface area contributed by atoms with E-state index in [0.717, 1.165) is 54.9 Å². The number of nitro benzene ring substituents is 1. The minimum atomic E-state index is -3.78. The number of sulfonamides is 1. The summed E-state index contributed by atoms with van der Waals surface area (Å²) in [5.41, 5.74) is 0.821. The van der Waals surface area contributed by atoms with Crippen LogP contribution in [0.2, 0.25) is 0 Å². The van der Waals surface area contributed by atoms with Gasteiger partial charge in [-0.3, -0.25) is 10.1 Å². The summed E-state index contributed by atoms with van der Waals surface area (Å²) in [6.07, 6.45) is 4.16. The average Bonchev–Trinajstić information content (AvgIpc) is 3.00. The van der Waals surface area contributed by atoms with Crippen LogP contribution in [0.25, 0.3) is 0 Å². The summed E-state index contributed by atoms with van der Waals surface area (Å²) in [6.45, 7) is 0.880. The third kappa shape index (κ3) is 5.26. The molecule has 0 saturated carbocycles. The minimum absolute atomic E-state index is 0.0526. The number of hydrogen-bond donors (Lipinski definition) is 0. The Labute approximate surface area is 197 Å². The first kappa shape index (κ1) is 23.4. The molecule has 9 nitrogen and oxygen atoms in total. The molecule has 1 aromatic heterocycles. The molecule has 33 heavy (non-hydrogen) atoms. The van der Waals surface area contributed by atoms with Crippen molar-refractivity contribution in [3.8, 4) is 0 Å². The van der Waals surface area contributed by atoms with Crippen molar-refractivity contribution in [1.29, 1.82) is 0 Å². The Kier molecular flexibility index (Phi) is 7.11. The SMILES string of the molecule is Cn1c(Cc2ccccc2)nnc1Sc1ccc(S(=O)(=O)N2CCCCCC2)cc1[N+](=O)[O-]. The number of rotatable bonds is 7. The highest BCUT2D eigenvalue weighted by atomic mass is 32.2. The predicted molar refractivity (Wildman–Crippen MR) is 125 cm³/mol. The van der Waals surface area contributed by atoms with Crippen LogP contribution in [0.4, 0.5) is 5.69 Å². The second-order valence-electron chi connectivity index (χ2n) is 7.93. The lowest BCUT2D eigenvalue weighted by atomic mass is 10.1. The molecule has 3 aromatic rings. The zero-order valence-corrected chi connectivity index (χ0v) is 19.9. The number of nitrogens with zero attached hydrogens (tertiary/aromatic N) is 5. The molecule has 0 spiro atoms. The topological polar surface area (TPSA) is 111 Å². The molecule has 4 rings (SSSR count). The van der Waals surface area contributed by atoms with Crippen molar-refractivity contribution in [3.05, 3.63) is 70.0 Å². The summed E-state index contributed by atoms with van der Waals surface area (Å²) in [5.74, 6) is 0.728. The van der Waals surface area contributed by atoms with Crippen molar-refractivity contribution in [2.75, 3.05) is 13.1 Å². The average molecular weight is 488 g/mol. The number of benzene rings is 2. The van der Waals surface area contributed by atoms with Crippen LogP contribution in [0.5, 0.6) is 0 Å². The maximum atomic E-state index is 13.1. The molecule has 1 saturated heterocycles. The van der Waals surface area contributed by atoms with Crippen molar-refractivity contribution in [1.82, 2.24) is 19.1 Å². The molecule has 2 aromatic carbocycles. The van der Waals surface area contributed by atoms with Gasteiger partial charge in [0.05, 0.1) is 14.7 Å². The minimum Gasteiger partial charge on any atom is -0.309 e. The van der Waals surface area contributed by atoms with Crippen molar-refractivity contribution in [2.24, 2.45) is 7.05 Å².